The number of sulfonamides is 1. The van der Waals surface area contributed by atoms with Crippen molar-refractivity contribution in [1.82, 2.24) is 14.5 Å². The summed E-state index contributed by atoms with van der Waals surface area (Å²) in [5.41, 5.74) is -0.831. The van der Waals surface area contributed by atoms with Crippen LogP contribution in [0.1, 0.15) is 18.4 Å². The molecule has 0 atom stereocenters. The number of carbonyl (C=O) groups excluding carboxylic acids is 2. The molecule has 0 saturated carbocycles. The van der Waals surface area contributed by atoms with Crippen molar-refractivity contribution in [2.45, 2.75) is 23.4 Å². The van der Waals surface area contributed by atoms with E-state index in [2.05, 4.69) is 20.8 Å². The SMILES string of the molecule is CS(=O)(=O)N1CCC(C(=O)Nc2nnc(SCC(=O)Nc3cccc(C(F)(F)F)c3)s2)CC1. The average Bonchev–Trinajstić information content (AvgIpc) is 3.18. The third kappa shape index (κ3) is 7.38. The maximum Gasteiger partial charge on any atom is 0.416 e. The Kier molecular flexibility index (Phi) is 7.97. The molecule has 2 amide bonds. The number of nitrogens with one attached hydrogen (secondary N) is 2. The fourth-order valence-corrected chi connectivity index (χ4v) is 5.50. The minimum absolute atomic E-state index is 0.0301. The molecule has 0 aliphatic carbocycles. The fraction of sp³-hybridized carbons (Fsp3) is 0.444. The quantitative estimate of drug-likeness (QED) is 0.423. The molecule has 0 bridgehead atoms. The Labute approximate surface area is 196 Å². The number of carbonyl (C=O) groups is 2. The first-order valence-electron chi connectivity index (χ1n) is 9.61. The van der Waals surface area contributed by atoms with Crippen LogP contribution in [0, 0.1) is 5.92 Å². The smallest absolute Gasteiger partial charge is 0.325 e. The molecule has 33 heavy (non-hydrogen) atoms. The molecule has 1 fully saturated rings. The van der Waals surface area contributed by atoms with Crippen molar-refractivity contribution in [2.75, 3.05) is 35.7 Å². The second-order valence-corrected chi connectivity index (χ2v) is 11.4. The molecule has 3 rings (SSSR count). The molecule has 1 saturated heterocycles. The van der Waals surface area contributed by atoms with Crippen LogP contribution in [-0.4, -0.2) is 59.8 Å². The average molecular weight is 524 g/mol. The topological polar surface area (TPSA) is 121 Å². The first kappa shape index (κ1) is 25.4. The predicted molar refractivity (Wildman–Crippen MR) is 118 cm³/mol. The molecule has 1 aliphatic heterocycles. The molecule has 15 heteroatoms. The highest BCUT2D eigenvalue weighted by Gasteiger charge is 2.31. The lowest BCUT2D eigenvalue weighted by atomic mass is 9.97. The van der Waals surface area contributed by atoms with Gasteiger partial charge in [0.05, 0.1) is 17.6 Å². The maximum atomic E-state index is 12.8. The standard InChI is InChI=1S/C18H20F3N5O4S3/c1-33(29,30)26-7-5-11(6-8-26)15(28)23-16-24-25-17(32-16)31-10-14(27)22-13-4-2-3-12(9-13)18(19,20)21/h2-4,9,11H,5-8,10H2,1H3,(H,22,27)(H,23,24,28). The van der Waals surface area contributed by atoms with Crippen molar-refractivity contribution in [3.63, 3.8) is 0 Å². The highest BCUT2D eigenvalue weighted by atomic mass is 32.2. The molecule has 2 N–H and O–H groups in total. The minimum atomic E-state index is -4.51. The molecule has 9 nitrogen and oxygen atoms in total. The number of nitrogens with zero attached hydrogens (tertiary/aromatic N) is 3. The Morgan fingerprint density at radius 2 is 1.91 bits per heavy atom. The molecule has 2 aromatic rings. The van der Waals surface area contributed by atoms with E-state index in [1.807, 2.05) is 0 Å². The monoisotopic (exact) mass is 523 g/mol. The summed E-state index contributed by atoms with van der Waals surface area (Å²) in [5, 5.41) is 13.0. The summed E-state index contributed by atoms with van der Waals surface area (Å²) in [7, 11) is -3.28. The van der Waals surface area contributed by atoms with Gasteiger partial charge in [0.25, 0.3) is 0 Å². The Balaban J connectivity index is 1.46. The minimum Gasteiger partial charge on any atom is -0.325 e. The van der Waals surface area contributed by atoms with Crippen molar-refractivity contribution in [3.8, 4) is 0 Å². The van der Waals surface area contributed by atoms with Crippen LogP contribution < -0.4 is 10.6 Å². The number of amides is 2. The third-order valence-corrected chi connectivity index (χ3v) is 8.01. The lowest BCUT2D eigenvalue weighted by Gasteiger charge is -2.29. The number of anilines is 2. The first-order chi connectivity index (χ1) is 15.4. The largest absolute Gasteiger partial charge is 0.416 e. The van der Waals surface area contributed by atoms with Gasteiger partial charge in [0.15, 0.2) is 4.34 Å². The summed E-state index contributed by atoms with van der Waals surface area (Å²) >= 11 is 2.09. The Bertz CT molecular complexity index is 1120. The highest BCUT2D eigenvalue weighted by molar-refractivity contribution is 8.01. The van der Waals surface area contributed by atoms with Crippen LogP contribution in [0.3, 0.4) is 0 Å². The number of benzene rings is 1. The maximum absolute atomic E-state index is 12.8. The van der Waals surface area contributed by atoms with E-state index in [0.717, 1.165) is 41.5 Å². The van der Waals surface area contributed by atoms with E-state index in [1.165, 1.54) is 16.4 Å². The predicted octanol–water partition coefficient (Wildman–Crippen LogP) is 2.90. The summed E-state index contributed by atoms with van der Waals surface area (Å²) in [6, 6.07) is 4.32. The van der Waals surface area contributed by atoms with Crippen LogP contribution >= 0.6 is 23.1 Å². The molecule has 180 valence electrons. The highest BCUT2D eigenvalue weighted by Crippen LogP contribution is 2.31. The summed E-state index contributed by atoms with van der Waals surface area (Å²) < 4.78 is 63.1. The number of hydrogen-bond acceptors (Lipinski definition) is 8. The van der Waals surface area contributed by atoms with Gasteiger partial charge in [-0.1, -0.05) is 29.2 Å². The first-order valence-corrected chi connectivity index (χ1v) is 13.3. The van der Waals surface area contributed by atoms with Crippen molar-refractivity contribution < 1.29 is 31.2 Å². The van der Waals surface area contributed by atoms with Gasteiger partial charge in [-0.2, -0.15) is 13.2 Å². The molecule has 0 radical (unpaired) electrons. The molecule has 1 aromatic carbocycles. The number of aromatic nitrogens is 2. The van der Waals surface area contributed by atoms with Gasteiger partial charge in [0.1, 0.15) is 0 Å². The van der Waals surface area contributed by atoms with Crippen LogP contribution in [-0.2, 0) is 25.8 Å². The number of halogens is 3. The van der Waals surface area contributed by atoms with Crippen molar-refractivity contribution in [2.24, 2.45) is 5.92 Å². The zero-order chi connectivity index (χ0) is 24.2. The molecule has 1 aromatic heterocycles. The number of thioether (sulfide) groups is 1. The summed E-state index contributed by atoms with van der Waals surface area (Å²) in [5.74, 6) is -1.25. The van der Waals surface area contributed by atoms with Gasteiger partial charge in [-0.3, -0.25) is 9.59 Å². The van der Waals surface area contributed by atoms with E-state index in [9.17, 15) is 31.2 Å². The molecule has 0 spiro atoms. The molecule has 2 heterocycles. The second-order valence-electron chi connectivity index (χ2n) is 7.21. The van der Waals surface area contributed by atoms with Crippen molar-refractivity contribution in [3.05, 3.63) is 29.8 Å². The second kappa shape index (κ2) is 10.4. The lowest BCUT2D eigenvalue weighted by molar-refractivity contribution is -0.137. The van der Waals surface area contributed by atoms with Crippen LogP contribution in [0.4, 0.5) is 24.0 Å². The number of alkyl halides is 3. The zero-order valence-electron chi connectivity index (χ0n) is 17.3. The molecular formula is C18H20F3N5O4S3. The Hall–Kier alpha value is -2.23. The van der Waals surface area contributed by atoms with Crippen LogP contribution in [0.5, 0.6) is 0 Å². The Morgan fingerprint density at radius 1 is 1.21 bits per heavy atom. The van der Waals surface area contributed by atoms with Gasteiger partial charge in [0.2, 0.25) is 27.0 Å². The van der Waals surface area contributed by atoms with Crippen molar-refractivity contribution in [1.29, 1.82) is 0 Å². The van der Waals surface area contributed by atoms with Crippen LogP contribution in [0.15, 0.2) is 28.6 Å². The van der Waals surface area contributed by atoms with Gasteiger partial charge in [0, 0.05) is 24.7 Å². The summed E-state index contributed by atoms with van der Waals surface area (Å²) in [4.78, 5) is 24.5. The van der Waals surface area contributed by atoms with E-state index >= 15 is 0 Å². The van der Waals surface area contributed by atoms with Gasteiger partial charge in [-0.25, -0.2) is 12.7 Å². The number of rotatable bonds is 7. The zero-order valence-corrected chi connectivity index (χ0v) is 19.7. The number of piperidine rings is 1. The van der Waals surface area contributed by atoms with E-state index in [4.69, 9.17) is 0 Å². The molecule has 1 aliphatic rings. The van der Waals surface area contributed by atoms with Gasteiger partial charge >= 0.3 is 6.18 Å². The van der Waals surface area contributed by atoms with E-state index in [-0.39, 0.29) is 41.5 Å². The van der Waals surface area contributed by atoms with E-state index < -0.39 is 27.7 Å². The lowest BCUT2D eigenvalue weighted by Crippen LogP contribution is -2.40. The summed E-state index contributed by atoms with van der Waals surface area (Å²) in [6.45, 7) is 0.546. The third-order valence-electron chi connectivity index (χ3n) is 4.73. The normalized spacial score (nSPS) is 15.9. The fourth-order valence-electron chi connectivity index (χ4n) is 3.07. The van der Waals surface area contributed by atoms with Gasteiger partial charge < -0.3 is 10.6 Å². The van der Waals surface area contributed by atoms with E-state index in [1.54, 1.807) is 0 Å². The molecular weight excluding hydrogens is 503 g/mol. The van der Waals surface area contributed by atoms with Gasteiger partial charge in [-0.15, -0.1) is 10.2 Å². The van der Waals surface area contributed by atoms with Crippen LogP contribution in [0.2, 0.25) is 0 Å². The number of hydrogen-bond donors (Lipinski definition) is 2. The Morgan fingerprint density at radius 3 is 2.55 bits per heavy atom. The summed E-state index contributed by atoms with van der Waals surface area (Å²) in [6.07, 6.45) is -2.58. The van der Waals surface area contributed by atoms with Crippen molar-refractivity contribution >= 4 is 55.8 Å². The molecule has 0 unspecified atom stereocenters. The van der Waals surface area contributed by atoms with Gasteiger partial charge in [-0.05, 0) is 31.0 Å². The van der Waals surface area contributed by atoms with E-state index in [0.29, 0.717) is 17.2 Å². The van der Waals surface area contributed by atoms with Crippen LogP contribution in [0.25, 0.3) is 0 Å².